The minimum Gasteiger partial charge on any atom is -0.327 e. The van der Waals surface area contributed by atoms with Crippen molar-refractivity contribution >= 4 is 0 Å². The molecule has 0 aliphatic rings. The number of hydrogen-bond donors (Lipinski definition) is 1. The molecule has 1 aromatic carbocycles. The third-order valence-electron chi connectivity index (χ3n) is 2.25. The summed E-state index contributed by atoms with van der Waals surface area (Å²) >= 11 is 0. The third-order valence-corrected chi connectivity index (χ3v) is 2.25. The lowest BCUT2D eigenvalue weighted by atomic mass is 10.1. The van der Waals surface area contributed by atoms with E-state index < -0.39 is 0 Å². The Morgan fingerprint density at radius 3 is 2.80 bits per heavy atom. The topological polar surface area (TPSA) is 29.3 Å². The van der Waals surface area contributed by atoms with Gasteiger partial charge in [-0.15, -0.1) is 0 Å². The molecule has 0 radical (unpaired) electrons. The van der Waals surface area contributed by atoms with Crippen LogP contribution in [0.5, 0.6) is 0 Å². The molecule has 0 fully saturated rings. The van der Waals surface area contributed by atoms with Crippen molar-refractivity contribution in [2.45, 2.75) is 13.5 Å². The molecule has 1 aromatic rings. The molecule has 82 valence electrons. The van der Waals surface area contributed by atoms with Gasteiger partial charge >= 0.3 is 0 Å². The highest BCUT2D eigenvalue weighted by atomic mass is 15.1. The van der Waals surface area contributed by atoms with Crippen molar-refractivity contribution in [2.24, 2.45) is 5.73 Å². The highest BCUT2D eigenvalue weighted by molar-refractivity contribution is 5.22. The average molecular weight is 204 g/mol. The normalized spacial score (nSPS) is 11.5. The highest BCUT2D eigenvalue weighted by Crippen LogP contribution is 2.06. The van der Waals surface area contributed by atoms with Gasteiger partial charge in [-0.05, 0) is 19.5 Å². The summed E-state index contributed by atoms with van der Waals surface area (Å²) < 4.78 is 0. The molecule has 0 bridgehead atoms. The molecule has 0 aliphatic heterocycles. The average Bonchev–Trinajstić information content (AvgIpc) is 2.18. The van der Waals surface area contributed by atoms with Gasteiger partial charge in [-0.1, -0.05) is 42.0 Å². The predicted octanol–water partition coefficient (Wildman–Crippen LogP) is 1.94. The minimum atomic E-state index is 0.623. The zero-order valence-corrected chi connectivity index (χ0v) is 9.61. The van der Waals surface area contributed by atoms with Gasteiger partial charge in [-0.3, -0.25) is 4.90 Å². The summed E-state index contributed by atoms with van der Waals surface area (Å²) in [6, 6.07) is 8.62. The summed E-state index contributed by atoms with van der Waals surface area (Å²) in [6.45, 7) is 4.68. The zero-order valence-electron chi connectivity index (χ0n) is 9.61. The Morgan fingerprint density at radius 1 is 1.33 bits per heavy atom. The Labute approximate surface area is 92.4 Å². The quantitative estimate of drug-likeness (QED) is 0.743. The van der Waals surface area contributed by atoms with E-state index in [1.165, 1.54) is 11.1 Å². The maximum atomic E-state index is 5.38. The summed E-state index contributed by atoms with van der Waals surface area (Å²) in [5.74, 6) is 0. The zero-order chi connectivity index (χ0) is 11.1. The van der Waals surface area contributed by atoms with E-state index in [9.17, 15) is 0 Å². The molecular formula is C13H20N2. The molecular weight excluding hydrogens is 184 g/mol. The first-order chi connectivity index (χ1) is 7.22. The monoisotopic (exact) mass is 204 g/mol. The molecule has 0 unspecified atom stereocenters. The number of hydrogen-bond acceptors (Lipinski definition) is 2. The van der Waals surface area contributed by atoms with Crippen LogP contribution in [0.2, 0.25) is 0 Å². The summed E-state index contributed by atoms with van der Waals surface area (Å²) in [5.41, 5.74) is 8.06. The van der Waals surface area contributed by atoms with Crippen LogP contribution in [0.4, 0.5) is 0 Å². The SMILES string of the molecule is Cc1cccc(CN(C)CC=CCN)c1. The summed E-state index contributed by atoms with van der Waals surface area (Å²) in [7, 11) is 2.11. The highest BCUT2D eigenvalue weighted by Gasteiger charge is 1.97. The first kappa shape index (κ1) is 12.0. The van der Waals surface area contributed by atoms with Crippen LogP contribution in [0.1, 0.15) is 11.1 Å². The van der Waals surface area contributed by atoms with Crippen molar-refractivity contribution in [3.8, 4) is 0 Å². The van der Waals surface area contributed by atoms with Gasteiger partial charge in [0.2, 0.25) is 0 Å². The summed E-state index contributed by atoms with van der Waals surface area (Å²) in [4.78, 5) is 2.26. The number of nitrogens with two attached hydrogens (primary N) is 1. The lowest BCUT2D eigenvalue weighted by Crippen LogP contribution is -2.17. The largest absolute Gasteiger partial charge is 0.327 e. The van der Waals surface area contributed by atoms with E-state index in [-0.39, 0.29) is 0 Å². The van der Waals surface area contributed by atoms with Crippen molar-refractivity contribution < 1.29 is 0 Å². The van der Waals surface area contributed by atoms with Crippen molar-refractivity contribution in [1.82, 2.24) is 4.90 Å². The summed E-state index contributed by atoms with van der Waals surface area (Å²) in [5, 5.41) is 0. The Morgan fingerprint density at radius 2 is 2.13 bits per heavy atom. The van der Waals surface area contributed by atoms with Crippen LogP contribution in [0.3, 0.4) is 0 Å². The molecule has 0 spiro atoms. The predicted molar refractivity (Wildman–Crippen MR) is 65.7 cm³/mol. The summed E-state index contributed by atoms with van der Waals surface area (Å²) in [6.07, 6.45) is 4.10. The molecule has 0 saturated heterocycles. The fourth-order valence-corrected chi connectivity index (χ4v) is 1.54. The molecule has 15 heavy (non-hydrogen) atoms. The maximum absolute atomic E-state index is 5.38. The van der Waals surface area contributed by atoms with Gasteiger partial charge in [-0.2, -0.15) is 0 Å². The lowest BCUT2D eigenvalue weighted by molar-refractivity contribution is 0.363. The molecule has 1 rings (SSSR count). The third kappa shape index (κ3) is 4.77. The van der Waals surface area contributed by atoms with Crippen LogP contribution in [0, 0.1) is 6.92 Å². The van der Waals surface area contributed by atoms with E-state index in [1.807, 2.05) is 6.08 Å². The Balaban J connectivity index is 2.44. The molecule has 2 N–H and O–H groups in total. The van der Waals surface area contributed by atoms with Gasteiger partial charge in [-0.25, -0.2) is 0 Å². The van der Waals surface area contributed by atoms with Crippen LogP contribution in [-0.2, 0) is 6.54 Å². The first-order valence-corrected chi connectivity index (χ1v) is 5.31. The van der Waals surface area contributed by atoms with Gasteiger partial charge < -0.3 is 5.73 Å². The second-order valence-electron chi connectivity index (χ2n) is 3.89. The standard InChI is InChI=1S/C13H20N2/c1-12-6-5-7-13(10-12)11-15(2)9-4-3-8-14/h3-7,10H,8-9,11,14H2,1-2H3. The number of rotatable bonds is 5. The fraction of sp³-hybridized carbons (Fsp3) is 0.385. The van der Waals surface area contributed by atoms with Crippen molar-refractivity contribution in [2.75, 3.05) is 20.1 Å². The minimum absolute atomic E-state index is 0.623. The van der Waals surface area contributed by atoms with Crippen molar-refractivity contribution in [3.05, 3.63) is 47.5 Å². The Bertz CT molecular complexity index is 318. The van der Waals surface area contributed by atoms with Crippen LogP contribution < -0.4 is 5.73 Å². The van der Waals surface area contributed by atoms with E-state index in [4.69, 9.17) is 5.73 Å². The van der Waals surface area contributed by atoms with E-state index in [1.54, 1.807) is 0 Å². The van der Waals surface area contributed by atoms with E-state index in [0.717, 1.165) is 13.1 Å². The van der Waals surface area contributed by atoms with Crippen LogP contribution >= 0.6 is 0 Å². The molecule has 0 atom stereocenters. The van der Waals surface area contributed by atoms with Gasteiger partial charge in [0, 0.05) is 19.6 Å². The van der Waals surface area contributed by atoms with Gasteiger partial charge in [0.15, 0.2) is 0 Å². The number of aryl methyl sites for hydroxylation is 1. The molecule has 0 aromatic heterocycles. The smallest absolute Gasteiger partial charge is 0.0234 e. The lowest BCUT2D eigenvalue weighted by Gasteiger charge is -2.14. The van der Waals surface area contributed by atoms with Crippen LogP contribution in [0.25, 0.3) is 0 Å². The Kier molecular flexibility index (Phi) is 5.08. The Hall–Kier alpha value is -1.12. The molecule has 0 heterocycles. The van der Waals surface area contributed by atoms with E-state index in [2.05, 4.69) is 49.2 Å². The van der Waals surface area contributed by atoms with Crippen molar-refractivity contribution in [3.63, 3.8) is 0 Å². The van der Waals surface area contributed by atoms with Crippen LogP contribution in [0.15, 0.2) is 36.4 Å². The van der Waals surface area contributed by atoms with Gasteiger partial charge in [0.05, 0.1) is 0 Å². The fourth-order valence-electron chi connectivity index (χ4n) is 1.54. The second-order valence-corrected chi connectivity index (χ2v) is 3.89. The maximum Gasteiger partial charge on any atom is 0.0234 e. The molecule has 0 saturated carbocycles. The first-order valence-electron chi connectivity index (χ1n) is 5.31. The van der Waals surface area contributed by atoms with Crippen molar-refractivity contribution in [1.29, 1.82) is 0 Å². The van der Waals surface area contributed by atoms with Gasteiger partial charge in [0.25, 0.3) is 0 Å². The van der Waals surface area contributed by atoms with E-state index in [0.29, 0.717) is 6.54 Å². The van der Waals surface area contributed by atoms with Gasteiger partial charge in [0.1, 0.15) is 0 Å². The number of likely N-dealkylation sites (N-methyl/N-ethyl adjacent to an activating group) is 1. The number of benzene rings is 1. The molecule has 0 aliphatic carbocycles. The molecule has 2 nitrogen and oxygen atoms in total. The second kappa shape index (κ2) is 6.38. The van der Waals surface area contributed by atoms with E-state index >= 15 is 0 Å². The van der Waals surface area contributed by atoms with Crippen LogP contribution in [-0.4, -0.2) is 25.0 Å². The number of nitrogens with zero attached hydrogens (tertiary/aromatic N) is 1. The molecule has 2 heteroatoms. The molecule has 0 amide bonds.